The Labute approximate surface area is 83.3 Å². The monoisotopic (exact) mass is 198 g/mol. The van der Waals surface area contributed by atoms with Crippen molar-refractivity contribution in [2.75, 3.05) is 6.61 Å². The number of aliphatic hydroxyl groups is 1. The molecule has 0 aliphatic carbocycles. The standard InChI is InChI=1S/C11H15FO2/c1-4-14-10-6-5-8(7-9(10)12)11(2,3)13/h5-7,13H,4H2,1-3H3. The Morgan fingerprint density at radius 1 is 1.43 bits per heavy atom. The predicted molar refractivity (Wildman–Crippen MR) is 52.8 cm³/mol. The molecule has 0 bridgehead atoms. The van der Waals surface area contributed by atoms with Gasteiger partial charge in [-0.25, -0.2) is 4.39 Å². The summed E-state index contributed by atoms with van der Waals surface area (Å²) in [6.07, 6.45) is 0. The van der Waals surface area contributed by atoms with Gasteiger partial charge in [-0.3, -0.25) is 0 Å². The summed E-state index contributed by atoms with van der Waals surface area (Å²) in [5.41, 5.74) is -0.482. The van der Waals surface area contributed by atoms with Crippen LogP contribution in [0.1, 0.15) is 26.3 Å². The maximum Gasteiger partial charge on any atom is 0.165 e. The summed E-state index contributed by atoms with van der Waals surface area (Å²) in [6.45, 7) is 5.45. The Balaban J connectivity index is 3.01. The summed E-state index contributed by atoms with van der Waals surface area (Å²) in [6, 6.07) is 4.49. The van der Waals surface area contributed by atoms with Crippen LogP contribution < -0.4 is 4.74 Å². The SMILES string of the molecule is CCOc1ccc(C(C)(C)O)cc1F. The quantitative estimate of drug-likeness (QED) is 0.808. The maximum atomic E-state index is 13.3. The summed E-state index contributed by atoms with van der Waals surface area (Å²) in [7, 11) is 0. The first-order valence-electron chi connectivity index (χ1n) is 4.60. The van der Waals surface area contributed by atoms with Gasteiger partial charge >= 0.3 is 0 Å². The van der Waals surface area contributed by atoms with Gasteiger partial charge in [-0.2, -0.15) is 0 Å². The summed E-state index contributed by atoms with van der Waals surface area (Å²) < 4.78 is 18.4. The number of ether oxygens (including phenoxy) is 1. The minimum absolute atomic E-state index is 0.223. The van der Waals surface area contributed by atoms with Crippen LogP contribution in [0.3, 0.4) is 0 Å². The van der Waals surface area contributed by atoms with Crippen molar-refractivity contribution in [1.82, 2.24) is 0 Å². The van der Waals surface area contributed by atoms with E-state index in [-0.39, 0.29) is 5.75 Å². The Bertz CT molecular complexity index is 316. The summed E-state index contributed by atoms with van der Waals surface area (Å²) in [4.78, 5) is 0. The zero-order valence-corrected chi connectivity index (χ0v) is 8.67. The lowest BCUT2D eigenvalue weighted by Crippen LogP contribution is -2.15. The molecule has 14 heavy (non-hydrogen) atoms. The van der Waals surface area contributed by atoms with Gasteiger partial charge in [0.2, 0.25) is 0 Å². The molecule has 0 aliphatic rings. The molecule has 1 rings (SSSR count). The normalized spacial score (nSPS) is 11.5. The third-order valence-electron chi connectivity index (χ3n) is 1.94. The Morgan fingerprint density at radius 2 is 2.07 bits per heavy atom. The molecule has 0 amide bonds. The molecule has 0 spiro atoms. The van der Waals surface area contributed by atoms with Gasteiger partial charge in [0, 0.05) is 0 Å². The number of rotatable bonds is 3. The second kappa shape index (κ2) is 3.96. The van der Waals surface area contributed by atoms with E-state index < -0.39 is 11.4 Å². The van der Waals surface area contributed by atoms with E-state index in [2.05, 4.69) is 0 Å². The molecule has 1 aromatic carbocycles. The maximum absolute atomic E-state index is 13.3. The highest BCUT2D eigenvalue weighted by molar-refractivity contribution is 5.31. The van der Waals surface area contributed by atoms with Crippen LogP contribution in [0, 0.1) is 5.82 Å². The number of hydrogen-bond acceptors (Lipinski definition) is 2. The van der Waals surface area contributed by atoms with E-state index in [1.165, 1.54) is 12.1 Å². The van der Waals surface area contributed by atoms with E-state index in [9.17, 15) is 9.50 Å². The van der Waals surface area contributed by atoms with Gasteiger partial charge in [-0.15, -0.1) is 0 Å². The first kappa shape index (κ1) is 11.0. The van der Waals surface area contributed by atoms with Gasteiger partial charge < -0.3 is 9.84 Å². The van der Waals surface area contributed by atoms with E-state index in [1.54, 1.807) is 26.8 Å². The van der Waals surface area contributed by atoms with E-state index in [4.69, 9.17) is 4.74 Å². The van der Waals surface area contributed by atoms with Crippen molar-refractivity contribution in [3.63, 3.8) is 0 Å². The molecule has 0 saturated heterocycles. The molecular weight excluding hydrogens is 183 g/mol. The van der Waals surface area contributed by atoms with Crippen molar-refractivity contribution in [2.45, 2.75) is 26.4 Å². The molecule has 0 unspecified atom stereocenters. The van der Waals surface area contributed by atoms with E-state index in [0.717, 1.165) is 0 Å². The van der Waals surface area contributed by atoms with Crippen LogP contribution in [0.4, 0.5) is 4.39 Å². The minimum atomic E-state index is -1.02. The molecule has 0 fully saturated rings. The summed E-state index contributed by atoms with van der Waals surface area (Å²) >= 11 is 0. The van der Waals surface area contributed by atoms with E-state index in [1.807, 2.05) is 0 Å². The van der Waals surface area contributed by atoms with Gasteiger partial charge in [0.05, 0.1) is 12.2 Å². The average molecular weight is 198 g/mol. The summed E-state index contributed by atoms with van der Waals surface area (Å²) in [5.74, 6) is -0.216. The molecular formula is C11H15FO2. The van der Waals surface area contributed by atoms with Crippen molar-refractivity contribution >= 4 is 0 Å². The number of halogens is 1. The highest BCUT2D eigenvalue weighted by Gasteiger charge is 2.17. The Hall–Kier alpha value is -1.09. The van der Waals surface area contributed by atoms with Gasteiger partial charge in [0.15, 0.2) is 11.6 Å². The highest BCUT2D eigenvalue weighted by atomic mass is 19.1. The minimum Gasteiger partial charge on any atom is -0.491 e. The molecule has 1 aromatic rings. The van der Waals surface area contributed by atoms with E-state index >= 15 is 0 Å². The average Bonchev–Trinajstić information content (AvgIpc) is 2.07. The van der Waals surface area contributed by atoms with Crippen LogP contribution in [0.2, 0.25) is 0 Å². The lowest BCUT2D eigenvalue weighted by Gasteiger charge is -2.18. The van der Waals surface area contributed by atoms with Gasteiger partial charge in [-0.1, -0.05) is 6.07 Å². The van der Waals surface area contributed by atoms with Crippen LogP contribution in [-0.4, -0.2) is 11.7 Å². The topological polar surface area (TPSA) is 29.5 Å². The fraction of sp³-hybridized carbons (Fsp3) is 0.455. The largest absolute Gasteiger partial charge is 0.491 e. The van der Waals surface area contributed by atoms with Gasteiger partial charge in [-0.05, 0) is 38.5 Å². The predicted octanol–water partition coefficient (Wildman–Crippen LogP) is 2.45. The van der Waals surface area contributed by atoms with E-state index in [0.29, 0.717) is 12.2 Å². The molecule has 0 radical (unpaired) electrons. The molecule has 0 heterocycles. The lowest BCUT2D eigenvalue weighted by atomic mass is 9.98. The molecule has 2 nitrogen and oxygen atoms in total. The smallest absolute Gasteiger partial charge is 0.165 e. The second-order valence-corrected chi connectivity index (χ2v) is 3.64. The molecule has 0 aliphatic heterocycles. The van der Waals surface area contributed by atoms with Crippen molar-refractivity contribution < 1.29 is 14.2 Å². The molecule has 78 valence electrons. The zero-order valence-electron chi connectivity index (χ0n) is 8.67. The third-order valence-corrected chi connectivity index (χ3v) is 1.94. The van der Waals surface area contributed by atoms with Crippen molar-refractivity contribution in [2.24, 2.45) is 0 Å². The number of hydrogen-bond donors (Lipinski definition) is 1. The van der Waals surface area contributed by atoms with Gasteiger partial charge in [0.25, 0.3) is 0 Å². The number of benzene rings is 1. The molecule has 1 N–H and O–H groups in total. The third kappa shape index (κ3) is 2.45. The van der Waals surface area contributed by atoms with Crippen LogP contribution in [0.15, 0.2) is 18.2 Å². The molecule has 0 saturated carbocycles. The molecule has 0 aromatic heterocycles. The van der Waals surface area contributed by atoms with Crippen LogP contribution in [0.5, 0.6) is 5.75 Å². The molecule has 0 atom stereocenters. The Morgan fingerprint density at radius 3 is 2.50 bits per heavy atom. The first-order chi connectivity index (χ1) is 6.45. The van der Waals surface area contributed by atoms with Crippen LogP contribution >= 0.6 is 0 Å². The van der Waals surface area contributed by atoms with Crippen LogP contribution in [0.25, 0.3) is 0 Å². The lowest BCUT2D eigenvalue weighted by molar-refractivity contribution is 0.0781. The highest BCUT2D eigenvalue weighted by Crippen LogP contribution is 2.25. The van der Waals surface area contributed by atoms with Crippen molar-refractivity contribution in [3.8, 4) is 5.75 Å². The van der Waals surface area contributed by atoms with Gasteiger partial charge in [0.1, 0.15) is 0 Å². The fourth-order valence-electron chi connectivity index (χ4n) is 1.15. The zero-order chi connectivity index (χ0) is 10.8. The van der Waals surface area contributed by atoms with Crippen LogP contribution in [-0.2, 0) is 5.60 Å². The first-order valence-corrected chi connectivity index (χ1v) is 4.60. The summed E-state index contributed by atoms with van der Waals surface area (Å²) in [5, 5.41) is 9.63. The van der Waals surface area contributed by atoms with Crippen molar-refractivity contribution in [1.29, 1.82) is 0 Å². The fourth-order valence-corrected chi connectivity index (χ4v) is 1.15. The Kier molecular flexibility index (Phi) is 3.11. The second-order valence-electron chi connectivity index (χ2n) is 3.64. The molecule has 3 heteroatoms. The van der Waals surface area contributed by atoms with Crippen molar-refractivity contribution in [3.05, 3.63) is 29.6 Å².